The summed E-state index contributed by atoms with van der Waals surface area (Å²) in [6.45, 7) is 5.23. The number of sulfonamides is 1. The van der Waals surface area contributed by atoms with Gasteiger partial charge in [-0.3, -0.25) is 4.79 Å². The van der Waals surface area contributed by atoms with E-state index in [-0.39, 0.29) is 34.7 Å². The van der Waals surface area contributed by atoms with Gasteiger partial charge in [0.15, 0.2) is 0 Å². The van der Waals surface area contributed by atoms with Crippen molar-refractivity contribution in [3.8, 4) is 5.75 Å². The normalized spacial score (nSPS) is 15.5. The van der Waals surface area contributed by atoms with Gasteiger partial charge in [0.05, 0.1) is 7.11 Å². The highest BCUT2D eigenvalue weighted by atomic mass is 35.5. The van der Waals surface area contributed by atoms with Crippen LogP contribution in [-0.2, 0) is 16.6 Å². The molecule has 2 aromatic carbocycles. The van der Waals surface area contributed by atoms with Crippen LogP contribution in [0.5, 0.6) is 5.75 Å². The molecule has 0 aliphatic carbocycles. The summed E-state index contributed by atoms with van der Waals surface area (Å²) in [6, 6.07) is 11.4. The van der Waals surface area contributed by atoms with Crippen molar-refractivity contribution in [2.75, 3.05) is 26.7 Å². The van der Waals surface area contributed by atoms with Gasteiger partial charge in [0, 0.05) is 36.3 Å². The zero-order chi connectivity index (χ0) is 23.1. The summed E-state index contributed by atoms with van der Waals surface area (Å²) in [5.41, 5.74) is 1.05. The second-order valence-electron chi connectivity index (χ2n) is 7.91. The molecule has 174 valence electrons. The van der Waals surface area contributed by atoms with Crippen molar-refractivity contribution in [3.05, 3.63) is 58.6 Å². The van der Waals surface area contributed by atoms with Gasteiger partial charge in [0.1, 0.15) is 10.6 Å². The van der Waals surface area contributed by atoms with Crippen LogP contribution in [0.1, 0.15) is 42.1 Å². The number of nitrogens with zero attached hydrogens (tertiary/aromatic N) is 1. The number of ether oxygens (including phenoxy) is 1. The molecule has 9 heteroatoms. The number of halogens is 1. The average molecular weight is 480 g/mol. The minimum atomic E-state index is -3.91. The van der Waals surface area contributed by atoms with Crippen molar-refractivity contribution in [1.29, 1.82) is 0 Å². The van der Waals surface area contributed by atoms with E-state index in [0.29, 0.717) is 5.02 Å². The second-order valence-corrected chi connectivity index (χ2v) is 10.1. The Bertz CT molecular complexity index is 1020. The molecule has 1 saturated heterocycles. The van der Waals surface area contributed by atoms with E-state index in [1.165, 1.54) is 19.2 Å². The highest BCUT2D eigenvalue weighted by molar-refractivity contribution is 7.89. The maximum atomic E-state index is 13.0. The van der Waals surface area contributed by atoms with Gasteiger partial charge in [0.2, 0.25) is 10.0 Å². The number of amides is 1. The Morgan fingerprint density at radius 2 is 1.84 bits per heavy atom. The summed E-state index contributed by atoms with van der Waals surface area (Å²) >= 11 is 5.88. The fourth-order valence-corrected chi connectivity index (χ4v) is 5.11. The first-order valence-electron chi connectivity index (χ1n) is 10.8. The smallest absolute Gasteiger partial charge is 0.251 e. The summed E-state index contributed by atoms with van der Waals surface area (Å²) in [5, 5.41) is 3.62. The number of benzene rings is 2. The van der Waals surface area contributed by atoms with Crippen molar-refractivity contribution < 1.29 is 17.9 Å². The second kappa shape index (κ2) is 11.1. The number of hydrogen-bond donors (Lipinski definition) is 2. The molecule has 1 fully saturated rings. The van der Waals surface area contributed by atoms with Crippen LogP contribution in [0, 0.1) is 0 Å². The van der Waals surface area contributed by atoms with E-state index in [0.717, 1.165) is 44.5 Å². The first-order chi connectivity index (χ1) is 15.3. The Kier molecular flexibility index (Phi) is 8.53. The number of hydrogen-bond acceptors (Lipinski definition) is 5. The van der Waals surface area contributed by atoms with Gasteiger partial charge in [0.25, 0.3) is 5.91 Å². The monoisotopic (exact) mass is 479 g/mol. The van der Waals surface area contributed by atoms with Crippen molar-refractivity contribution in [3.63, 3.8) is 0 Å². The van der Waals surface area contributed by atoms with Crippen LogP contribution in [0.25, 0.3) is 0 Å². The molecule has 2 aromatic rings. The van der Waals surface area contributed by atoms with Crippen molar-refractivity contribution >= 4 is 27.5 Å². The van der Waals surface area contributed by atoms with E-state index in [2.05, 4.69) is 21.9 Å². The zero-order valence-corrected chi connectivity index (χ0v) is 20.0. The van der Waals surface area contributed by atoms with E-state index in [9.17, 15) is 13.2 Å². The topological polar surface area (TPSA) is 87.7 Å². The number of methoxy groups -OCH3 is 1. The zero-order valence-electron chi connectivity index (χ0n) is 18.4. The fraction of sp³-hybridized carbons (Fsp3) is 0.435. The third kappa shape index (κ3) is 6.45. The van der Waals surface area contributed by atoms with Crippen molar-refractivity contribution in [2.24, 2.45) is 0 Å². The Morgan fingerprint density at radius 3 is 2.47 bits per heavy atom. The number of likely N-dealkylation sites (tertiary alicyclic amines) is 1. The fourth-order valence-electron chi connectivity index (χ4n) is 3.77. The van der Waals surface area contributed by atoms with Gasteiger partial charge in [-0.2, -0.15) is 0 Å². The lowest BCUT2D eigenvalue weighted by Crippen LogP contribution is -2.44. The molecule has 0 saturated carbocycles. The number of rotatable bonds is 9. The van der Waals surface area contributed by atoms with Crippen LogP contribution in [0.4, 0.5) is 0 Å². The van der Waals surface area contributed by atoms with Crippen LogP contribution >= 0.6 is 11.6 Å². The first-order valence-corrected chi connectivity index (χ1v) is 12.6. The molecule has 2 N–H and O–H groups in total. The van der Waals surface area contributed by atoms with Crippen LogP contribution in [0.3, 0.4) is 0 Å². The van der Waals surface area contributed by atoms with Crippen LogP contribution in [0.2, 0.25) is 5.02 Å². The lowest BCUT2D eigenvalue weighted by molar-refractivity contribution is 0.0911. The van der Waals surface area contributed by atoms with Gasteiger partial charge in [-0.1, -0.05) is 30.7 Å². The van der Waals surface area contributed by atoms with Crippen LogP contribution in [-0.4, -0.2) is 52.0 Å². The largest absolute Gasteiger partial charge is 0.495 e. The third-order valence-corrected chi connectivity index (χ3v) is 7.23. The molecular weight excluding hydrogens is 450 g/mol. The minimum Gasteiger partial charge on any atom is -0.495 e. The Balaban J connectivity index is 1.70. The maximum absolute atomic E-state index is 13.0. The minimum absolute atomic E-state index is 0.0700. The summed E-state index contributed by atoms with van der Waals surface area (Å²) in [6.07, 6.45) is 2.89. The molecule has 0 unspecified atom stereocenters. The molecular formula is C23H30ClN3O4S. The number of piperidine rings is 1. The van der Waals surface area contributed by atoms with Gasteiger partial charge in [-0.05, 0) is 61.7 Å². The first kappa shape index (κ1) is 24.5. The molecule has 0 atom stereocenters. The van der Waals surface area contributed by atoms with Gasteiger partial charge < -0.3 is 15.0 Å². The van der Waals surface area contributed by atoms with Crippen molar-refractivity contribution in [1.82, 2.24) is 14.9 Å². The van der Waals surface area contributed by atoms with Gasteiger partial charge in [-0.15, -0.1) is 0 Å². The molecule has 1 aliphatic heterocycles. The van der Waals surface area contributed by atoms with E-state index < -0.39 is 10.0 Å². The standard InChI is InChI=1S/C23H30ClN3O4S/c1-3-12-27-13-10-20(11-14-27)26-23(28)18-6-9-21(31-2)22(15-18)32(29,30)25-16-17-4-7-19(24)8-5-17/h4-9,15,20,25H,3,10-14,16H2,1-2H3,(H,26,28). The summed E-state index contributed by atoms with van der Waals surface area (Å²) in [4.78, 5) is 15.1. The molecule has 0 spiro atoms. The Hall–Kier alpha value is -2.13. The maximum Gasteiger partial charge on any atom is 0.251 e. The lowest BCUT2D eigenvalue weighted by Gasteiger charge is -2.32. The molecule has 3 rings (SSSR count). The highest BCUT2D eigenvalue weighted by Crippen LogP contribution is 2.25. The lowest BCUT2D eigenvalue weighted by atomic mass is 10.0. The van der Waals surface area contributed by atoms with E-state index in [1.54, 1.807) is 30.3 Å². The van der Waals surface area contributed by atoms with Crippen LogP contribution < -0.4 is 14.8 Å². The van der Waals surface area contributed by atoms with E-state index in [1.807, 2.05) is 0 Å². The molecule has 0 aromatic heterocycles. The Labute approximate surface area is 195 Å². The molecule has 1 aliphatic rings. The van der Waals surface area contributed by atoms with Gasteiger partial charge >= 0.3 is 0 Å². The highest BCUT2D eigenvalue weighted by Gasteiger charge is 2.24. The van der Waals surface area contributed by atoms with Crippen molar-refractivity contribution in [2.45, 2.75) is 43.7 Å². The molecule has 0 radical (unpaired) electrons. The summed E-state index contributed by atoms with van der Waals surface area (Å²) in [7, 11) is -2.51. The van der Waals surface area contributed by atoms with E-state index >= 15 is 0 Å². The molecule has 7 nitrogen and oxygen atoms in total. The number of nitrogens with one attached hydrogen (secondary N) is 2. The van der Waals surface area contributed by atoms with Crippen LogP contribution in [0.15, 0.2) is 47.4 Å². The third-order valence-electron chi connectivity index (χ3n) is 5.56. The summed E-state index contributed by atoms with van der Waals surface area (Å²) < 4.78 is 33.7. The molecule has 32 heavy (non-hydrogen) atoms. The predicted octanol–water partition coefficient (Wildman–Crippen LogP) is 3.43. The molecule has 1 heterocycles. The summed E-state index contributed by atoms with van der Waals surface area (Å²) in [5.74, 6) is -0.103. The van der Waals surface area contributed by atoms with Gasteiger partial charge in [-0.25, -0.2) is 13.1 Å². The molecule has 1 amide bonds. The predicted molar refractivity (Wildman–Crippen MR) is 126 cm³/mol. The molecule has 0 bridgehead atoms. The number of carbonyl (C=O) groups excluding carboxylic acids is 1. The average Bonchev–Trinajstić information content (AvgIpc) is 2.79. The number of carbonyl (C=O) groups is 1. The quantitative estimate of drug-likeness (QED) is 0.575. The SMILES string of the molecule is CCCN1CCC(NC(=O)c2ccc(OC)c(S(=O)(=O)NCc3ccc(Cl)cc3)c2)CC1. The van der Waals surface area contributed by atoms with E-state index in [4.69, 9.17) is 16.3 Å². The Morgan fingerprint density at radius 1 is 1.16 bits per heavy atom.